The minimum Gasteiger partial charge on any atom is -0.352 e. The predicted octanol–water partition coefficient (Wildman–Crippen LogP) is 4.15. The van der Waals surface area contributed by atoms with Gasteiger partial charge in [0, 0.05) is 37.6 Å². The Bertz CT molecular complexity index is 719. The third-order valence-corrected chi connectivity index (χ3v) is 7.49. The van der Waals surface area contributed by atoms with Crippen molar-refractivity contribution in [3.63, 3.8) is 0 Å². The van der Waals surface area contributed by atoms with Gasteiger partial charge in [0.25, 0.3) is 0 Å². The van der Waals surface area contributed by atoms with Crippen molar-refractivity contribution in [1.82, 2.24) is 15.1 Å². The summed E-state index contributed by atoms with van der Waals surface area (Å²) >= 11 is 0. The number of hydrogen-bond donors (Lipinski definition) is 1. The maximum absolute atomic E-state index is 12.9. The first-order valence-electron chi connectivity index (χ1n) is 12.5. The van der Waals surface area contributed by atoms with Crippen molar-refractivity contribution in [3.05, 3.63) is 35.9 Å². The molecule has 3 fully saturated rings. The van der Waals surface area contributed by atoms with E-state index in [-0.39, 0.29) is 23.9 Å². The SMILES string of the molecule is CC(c1ccccc1)N(CC(=O)NC1CCN(C(=O)C2CCCCC2)CC1)CC1CC1. The van der Waals surface area contributed by atoms with E-state index in [4.69, 9.17) is 0 Å². The van der Waals surface area contributed by atoms with Crippen LogP contribution in [-0.4, -0.2) is 53.8 Å². The fourth-order valence-corrected chi connectivity index (χ4v) is 5.24. The maximum Gasteiger partial charge on any atom is 0.234 e. The minimum atomic E-state index is 0.125. The Morgan fingerprint density at radius 3 is 2.32 bits per heavy atom. The van der Waals surface area contributed by atoms with E-state index in [1.807, 2.05) is 6.07 Å². The van der Waals surface area contributed by atoms with E-state index in [0.717, 1.165) is 51.2 Å². The van der Waals surface area contributed by atoms with E-state index in [1.165, 1.54) is 37.7 Å². The number of carbonyl (C=O) groups excluding carboxylic acids is 2. The zero-order chi connectivity index (χ0) is 21.6. The number of nitrogens with zero attached hydrogens (tertiary/aromatic N) is 2. The molecule has 0 bridgehead atoms. The van der Waals surface area contributed by atoms with Crippen LogP contribution in [0.2, 0.25) is 0 Å². The van der Waals surface area contributed by atoms with E-state index >= 15 is 0 Å². The van der Waals surface area contributed by atoms with Gasteiger partial charge in [-0.15, -0.1) is 0 Å². The highest BCUT2D eigenvalue weighted by Crippen LogP contribution is 2.32. The molecule has 1 heterocycles. The summed E-state index contributed by atoms with van der Waals surface area (Å²) < 4.78 is 0. The van der Waals surface area contributed by atoms with E-state index in [0.29, 0.717) is 12.5 Å². The highest BCUT2D eigenvalue weighted by molar-refractivity contribution is 5.79. The molecule has 2 saturated carbocycles. The number of benzene rings is 1. The van der Waals surface area contributed by atoms with E-state index < -0.39 is 0 Å². The Morgan fingerprint density at radius 1 is 1.00 bits per heavy atom. The van der Waals surface area contributed by atoms with Gasteiger partial charge in [-0.05, 0) is 56.9 Å². The van der Waals surface area contributed by atoms with Gasteiger partial charge in [-0.3, -0.25) is 14.5 Å². The van der Waals surface area contributed by atoms with Crippen molar-refractivity contribution in [2.75, 3.05) is 26.2 Å². The number of nitrogens with one attached hydrogen (secondary N) is 1. The molecule has 2 aliphatic carbocycles. The van der Waals surface area contributed by atoms with Crippen LogP contribution in [0.5, 0.6) is 0 Å². The van der Waals surface area contributed by atoms with Crippen molar-refractivity contribution in [1.29, 1.82) is 0 Å². The first kappa shape index (κ1) is 22.3. The van der Waals surface area contributed by atoms with Gasteiger partial charge in [0.2, 0.25) is 11.8 Å². The molecule has 1 aromatic rings. The van der Waals surface area contributed by atoms with Crippen LogP contribution in [0.1, 0.15) is 76.3 Å². The second kappa shape index (κ2) is 10.6. The fourth-order valence-electron chi connectivity index (χ4n) is 5.24. The first-order valence-corrected chi connectivity index (χ1v) is 12.5. The summed E-state index contributed by atoms with van der Waals surface area (Å²) in [6.07, 6.45) is 10.1. The molecule has 1 aromatic carbocycles. The quantitative estimate of drug-likeness (QED) is 0.681. The number of hydrogen-bond acceptors (Lipinski definition) is 3. The molecule has 5 nitrogen and oxygen atoms in total. The molecule has 2 amide bonds. The zero-order valence-electron chi connectivity index (χ0n) is 19.1. The lowest BCUT2D eigenvalue weighted by Crippen LogP contribution is -2.50. The molecule has 1 saturated heterocycles. The van der Waals surface area contributed by atoms with Gasteiger partial charge in [0.15, 0.2) is 0 Å². The van der Waals surface area contributed by atoms with Crippen LogP contribution in [0.25, 0.3) is 0 Å². The van der Waals surface area contributed by atoms with Gasteiger partial charge in [0.1, 0.15) is 0 Å². The molecular formula is C26H39N3O2. The topological polar surface area (TPSA) is 52.7 Å². The fraction of sp³-hybridized carbons (Fsp3) is 0.692. The number of likely N-dealkylation sites (tertiary alicyclic amines) is 1. The molecule has 0 aromatic heterocycles. The Labute approximate surface area is 187 Å². The van der Waals surface area contributed by atoms with Crippen molar-refractivity contribution in [3.8, 4) is 0 Å². The second-order valence-corrected chi connectivity index (χ2v) is 9.96. The molecule has 5 heteroatoms. The van der Waals surface area contributed by atoms with Crippen LogP contribution in [0.3, 0.4) is 0 Å². The predicted molar refractivity (Wildman–Crippen MR) is 123 cm³/mol. The van der Waals surface area contributed by atoms with E-state index in [9.17, 15) is 9.59 Å². The monoisotopic (exact) mass is 425 g/mol. The summed E-state index contributed by atoms with van der Waals surface area (Å²) in [6.45, 7) is 5.23. The second-order valence-electron chi connectivity index (χ2n) is 9.96. The molecule has 1 aliphatic heterocycles. The van der Waals surface area contributed by atoms with Gasteiger partial charge < -0.3 is 10.2 Å². The molecule has 4 rings (SSSR count). The number of carbonyl (C=O) groups is 2. The molecule has 0 radical (unpaired) electrons. The van der Waals surface area contributed by atoms with Gasteiger partial charge in [-0.1, -0.05) is 49.6 Å². The van der Waals surface area contributed by atoms with Crippen LogP contribution >= 0.6 is 0 Å². The van der Waals surface area contributed by atoms with E-state index in [1.54, 1.807) is 0 Å². The summed E-state index contributed by atoms with van der Waals surface area (Å²) in [4.78, 5) is 30.1. The van der Waals surface area contributed by atoms with Crippen molar-refractivity contribution < 1.29 is 9.59 Å². The van der Waals surface area contributed by atoms with Gasteiger partial charge in [-0.25, -0.2) is 0 Å². The molecule has 1 N–H and O–H groups in total. The lowest BCUT2D eigenvalue weighted by molar-refractivity contribution is -0.137. The standard InChI is InChI=1S/C26H39N3O2/c1-20(22-8-4-2-5-9-22)29(18-21-12-13-21)19-25(30)27-24-14-16-28(17-15-24)26(31)23-10-6-3-7-11-23/h2,4-5,8-9,20-21,23-24H,3,6-7,10-19H2,1H3,(H,27,30). The molecule has 1 unspecified atom stereocenters. The molecule has 3 aliphatic rings. The van der Waals surface area contributed by atoms with Crippen LogP contribution in [0.4, 0.5) is 0 Å². The maximum atomic E-state index is 12.9. The molecule has 31 heavy (non-hydrogen) atoms. The third kappa shape index (κ3) is 6.31. The molecule has 170 valence electrons. The largest absolute Gasteiger partial charge is 0.352 e. The van der Waals surface area contributed by atoms with Gasteiger partial charge >= 0.3 is 0 Å². The summed E-state index contributed by atoms with van der Waals surface area (Å²) in [7, 11) is 0. The Morgan fingerprint density at radius 2 is 1.68 bits per heavy atom. The van der Waals surface area contributed by atoms with Crippen LogP contribution < -0.4 is 5.32 Å². The minimum absolute atomic E-state index is 0.125. The third-order valence-electron chi connectivity index (χ3n) is 7.49. The van der Waals surface area contributed by atoms with Crippen LogP contribution in [-0.2, 0) is 9.59 Å². The molecular weight excluding hydrogens is 386 g/mol. The van der Waals surface area contributed by atoms with Gasteiger partial charge in [0.05, 0.1) is 6.54 Å². The van der Waals surface area contributed by atoms with Crippen LogP contribution in [0, 0.1) is 11.8 Å². The average molecular weight is 426 g/mol. The van der Waals surface area contributed by atoms with Crippen molar-refractivity contribution in [2.24, 2.45) is 11.8 Å². The molecule has 0 spiro atoms. The number of piperidine rings is 1. The van der Waals surface area contributed by atoms with Crippen LogP contribution in [0.15, 0.2) is 30.3 Å². The zero-order valence-corrected chi connectivity index (χ0v) is 19.1. The lowest BCUT2D eigenvalue weighted by Gasteiger charge is -2.36. The van der Waals surface area contributed by atoms with E-state index in [2.05, 4.69) is 46.3 Å². The van der Waals surface area contributed by atoms with Crippen molar-refractivity contribution >= 4 is 11.8 Å². The Hall–Kier alpha value is -1.88. The summed E-state index contributed by atoms with van der Waals surface area (Å²) in [6, 6.07) is 10.9. The highest BCUT2D eigenvalue weighted by Gasteiger charge is 2.31. The summed E-state index contributed by atoms with van der Waals surface area (Å²) in [5.41, 5.74) is 1.27. The number of amides is 2. The Balaban J connectivity index is 1.25. The smallest absolute Gasteiger partial charge is 0.234 e. The normalized spacial score (nSPS) is 21.8. The average Bonchev–Trinajstić information content (AvgIpc) is 3.63. The molecule has 1 atom stereocenters. The highest BCUT2D eigenvalue weighted by atomic mass is 16.2. The summed E-state index contributed by atoms with van der Waals surface area (Å²) in [5, 5.41) is 3.27. The summed E-state index contributed by atoms with van der Waals surface area (Å²) in [5.74, 6) is 1.47. The van der Waals surface area contributed by atoms with Crippen molar-refractivity contribution in [2.45, 2.75) is 76.8 Å². The van der Waals surface area contributed by atoms with Gasteiger partial charge in [-0.2, -0.15) is 0 Å². The first-order chi connectivity index (χ1) is 15.1. The Kier molecular flexibility index (Phi) is 7.65. The number of rotatable bonds is 8. The lowest BCUT2D eigenvalue weighted by atomic mass is 9.87.